The molecule has 2 unspecified atom stereocenters. The SMILES string of the molecule is Cc1cc(Br)c(NC(=O)C2CCCC2C(=O)O)cc1Cl. The number of hydrogen-bond donors (Lipinski definition) is 2. The van der Waals surface area contributed by atoms with Crippen LogP contribution in [0.5, 0.6) is 0 Å². The molecule has 1 aliphatic carbocycles. The maximum atomic E-state index is 12.2. The summed E-state index contributed by atoms with van der Waals surface area (Å²) < 4.78 is 0.734. The van der Waals surface area contributed by atoms with Crippen molar-refractivity contribution < 1.29 is 14.7 Å². The zero-order valence-corrected chi connectivity index (χ0v) is 13.3. The maximum Gasteiger partial charge on any atom is 0.307 e. The highest BCUT2D eigenvalue weighted by molar-refractivity contribution is 9.10. The van der Waals surface area contributed by atoms with Gasteiger partial charge in [0.1, 0.15) is 0 Å². The van der Waals surface area contributed by atoms with Crippen LogP contribution in [0, 0.1) is 18.8 Å². The fraction of sp³-hybridized carbons (Fsp3) is 0.429. The minimum atomic E-state index is -0.899. The Morgan fingerprint density at radius 3 is 2.65 bits per heavy atom. The first kappa shape index (κ1) is 15.3. The molecule has 1 aliphatic rings. The largest absolute Gasteiger partial charge is 0.481 e. The van der Waals surface area contributed by atoms with Gasteiger partial charge >= 0.3 is 5.97 Å². The van der Waals surface area contributed by atoms with Crippen LogP contribution in [0.2, 0.25) is 5.02 Å². The molecule has 1 aromatic rings. The third kappa shape index (κ3) is 3.15. The fourth-order valence-electron chi connectivity index (χ4n) is 2.54. The van der Waals surface area contributed by atoms with E-state index in [0.717, 1.165) is 16.5 Å². The average Bonchev–Trinajstić information content (AvgIpc) is 2.85. The number of aryl methyl sites for hydroxylation is 1. The van der Waals surface area contributed by atoms with Crippen molar-refractivity contribution in [1.29, 1.82) is 0 Å². The summed E-state index contributed by atoms with van der Waals surface area (Å²) in [6.45, 7) is 1.87. The van der Waals surface area contributed by atoms with Crippen LogP contribution in [-0.4, -0.2) is 17.0 Å². The van der Waals surface area contributed by atoms with Crippen molar-refractivity contribution in [2.24, 2.45) is 11.8 Å². The van der Waals surface area contributed by atoms with E-state index in [2.05, 4.69) is 21.2 Å². The monoisotopic (exact) mass is 359 g/mol. The number of halogens is 2. The Morgan fingerprint density at radius 2 is 2.00 bits per heavy atom. The molecule has 2 rings (SSSR count). The van der Waals surface area contributed by atoms with Gasteiger partial charge < -0.3 is 10.4 Å². The first-order valence-corrected chi connectivity index (χ1v) is 7.56. The topological polar surface area (TPSA) is 66.4 Å². The molecular formula is C14H15BrClNO3. The molecule has 1 aromatic carbocycles. The van der Waals surface area contributed by atoms with Gasteiger partial charge in [0.15, 0.2) is 0 Å². The smallest absolute Gasteiger partial charge is 0.307 e. The third-order valence-electron chi connectivity index (χ3n) is 3.68. The highest BCUT2D eigenvalue weighted by atomic mass is 79.9. The van der Waals surface area contributed by atoms with Crippen LogP contribution in [0.4, 0.5) is 5.69 Å². The van der Waals surface area contributed by atoms with Gasteiger partial charge in [-0.3, -0.25) is 9.59 Å². The van der Waals surface area contributed by atoms with E-state index in [1.54, 1.807) is 6.07 Å². The summed E-state index contributed by atoms with van der Waals surface area (Å²) in [5.41, 5.74) is 1.47. The normalized spacial score (nSPS) is 21.8. The molecule has 0 aliphatic heterocycles. The second kappa shape index (κ2) is 6.14. The van der Waals surface area contributed by atoms with Crippen LogP contribution >= 0.6 is 27.5 Å². The number of carbonyl (C=O) groups is 2. The first-order chi connectivity index (χ1) is 9.40. The highest BCUT2D eigenvalue weighted by Crippen LogP contribution is 2.34. The molecule has 0 saturated heterocycles. The number of amides is 1. The number of rotatable bonds is 3. The molecule has 2 N–H and O–H groups in total. The molecule has 2 atom stereocenters. The van der Waals surface area contributed by atoms with E-state index >= 15 is 0 Å². The van der Waals surface area contributed by atoms with Crippen molar-refractivity contribution in [3.63, 3.8) is 0 Å². The number of carbonyl (C=O) groups excluding carboxylic acids is 1. The maximum absolute atomic E-state index is 12.2. The van der Waals surface area contributed by atoms with Gasteiger partial charge in [0, 0.05) is 9.50 Å². The van der Waals surface area contributed by atoms with E-state index in [1.807, 2.05) is 13.0 Å². The molecule has 0 spiro atoms. The van der Waals surface area contributed by atoms with Crippen molar-refractivity contribution in [3.8, 4) is 0 Å². The van der Waals surface area contributed by atoms with E-state index in [4.69, 9.17) is 16.7 Å². The molecule has 20 heavy (non-hydrogen) atoms. The van der Waals surface area contributed by atoms with Gasteiger partial charge in [-0.25, -0.2) is 0 Å². The standard InChI is InChI=1S/C14H15BrClNO3/c1-7-5-10(15)12(6-11(7)16)17-13(18)8-3-2-4-9(8)14(19)20/h5-6,8-9H,2-4H2,1H3,(H,17,18)(H,19,20). The van der Waals surface area contributed by atoms with Crippen molar-refractivity contribution in [3.05, 3.63) is 27.2 Å². The molecule has 108 valence electrons. The van der Waals surface area contributed by atoms with E-state index in [1.165, 1.54) is 0 Å². The van der Waals surface area contributed by atoms with E-state index in [-0.39, 0.29) is 5.91 Å². The van der Waals surface area contributed by atoms with Gasteiger partial charge in [-0.05, 0) is 53.4 Å². The predicted molar refractivity (Wildman–Crippen MR) is 81.0 cm³/mol. The van der Waals surface area contributed by atoms with E-state index < -0.39 is 17.8 Å². The number of aliphatic carboxylic acids is 1. The van der Waals surface area contributed by atoms with Gasteiger partial charge in [-0.15, -0.1) is 0 Å². The number of benzene rings is 1. The van der Waals surface area contributed by atoms with Crippen molar-refractivity contribution >= 4 is 45.1 Å². The average molecular weight is 361 g/mol. The Morgan fingerprint density at radius 1 is 1.35 bits per heavy atom. The van der Waals surface area contributed by atoms with Crippen LogP contribution in [0.3, 0.4) is 0 Å². The van der Waals surface area contributed by atoms with Crippen LogP contribution < -0.4 is 5.32 Å². The van der Waals surface area contributed by atoms with Crippen LogP contribution in [0.1, 0.15) is 24.8 Å². The number of carboxylic acids is 1. The Bertz CT molecular complexity index is 562. The molecule has 0 heterocycles. The molecule has 0 radical (unpaired) electrons. The number of anilines is 1. The lowest BCUT2D eigenvalue weighted by molar-refractivity contribution is -0.145. The molecule has 1 fully saturated rings. The summed E-state index contributed by atoms with van der Waals surface area (Å²) in [6.07, 6.45) is 1.94. The number of hydrogen-bond acceptors (Lipinski definition) is 2. The summed E-state index contributed by atoms with van der Waals surface area (Å²) in [6, 6.07) is 3.49. The lowest BCUT2D eigenvalue weighted by atomic mass is 9.95. The third-order valence-corrected chi connectivity index (χ3v) is 4.74. The fourth-order valence-corrected chi connectivity index (χ4v) is 3.26. The quantitative estimate of drug-likeness (QED) is 0.860. The van der Waals surface area contributed by atoms with Gasteiger partial charge in [-0.2, -0.15) is 0 Å². The number of carboxylic acid groups (broad SMARTS) is 1. The zero-order valence-electron chi connectivity index (χ0n) is 11.0. The summed E-state index contributed by atoms with van der Waals surface area (Å²) in [4.78, 5) is 23.4. The summed E-state index contributed by atoms with van der Waals surface area (Å²) in [7, 11) is 0. The lowest BCUT2D eigenvalue weighted by Crippen LogP contribution is -2.30. The van der Waals surface area contributed by atoms with Crippen molar-refractivity contribution in [1.82, 2.24) is 0 Å². The Kier molecular flexibility index (Phi) is 4.70. The van der Waals surface area contributed by atoms with Crippen LogP contribution in [-0.2, 0) is 9.59 Å². The van der Waals surface area contributed by atoms with Gasteiger partial charge in [0.25, 0.3) is 0 Å². The molecule has 6 heteroatoms. The Labute approximate surface area is 130 Å². The van der Waals surface area contributed by atoms with E-state index in [0.29, 0.717) is 23.6 Å². The minimum absolute atomic E-state index is 0.254. The molecule has 4 nitrogen and oxygen atoms in total. The number of nitrogens with one attached hydrogen (secondary N) is 1. The molecule has 0 bridgehead atoms. The van der Waals surface area contributed by atoms with Gasteiger partial charge in [0.2, 0.25) is 5.91 Å². The Balaban J connectivity index is 2.16. The summed E-state index contributed by atoms with van der Waals surface area (Å²) in [5, 5.41) is 12.5. The second-order valence-electron chi connectivity index (χ2n) is 5.05. The predicted octanol–water partition coefficient (Wildman–Crippen LogP) is 3.85. The summed E-state index contributed by atoms with van der Waals surface area (Å²) >= 11 is 9.41. The minimum Gasteiger partial charge on any atom is -0.481 e. The first-order valence-electron chi connectivity index (χ1n) is 6.39. The molecule has 0 aromatic heterocycles. The molecule has 1 saturated carbocycles. The molecule has 1 amide bonds. The van der Waals surface area contributed by atoms with Crippen LogP contribution in [0.15, 0.2) is 16.6 Å². The second-order valence-corrected chi connectivity index (χ2v) is 6.31. The van der Waals surface area contributed by atoms with Crippen molar-refractivity contribution in [2.45, 2.75) is 26.2 Å². The van der Waals surface area contributed by atoms with E-state index in [9.17, 15) is 9.59 Å². The van der Waals surface area contributed by atoms with Crippen LogP contribution in [0.25, 0.3) is 0 Å². The Hall–Kier alpha value is -1.07. The molecular weight excluding hydrogens is 346 g/mol. The van der Waals surface area contributed by atoms with Gasteiger partial charge in [0.05, 0.1) is 17.5 Å². The van der Waals surface area contributed by atoms with Gasteiger partial charge in [-0.1, -0.05) is 18.0 Å². The zero-order chi connectivity index (χ0) is 14.9. The van der Waals surface area contributed by atoms with Crippen molar-refractivity contribution in [2.75, 3.05) is 5.32 Å². The highest BCUT2D eigenvalue weighted by Gasteiger charge is 2.37. The lowest BCUT2D eigenvalue weighted by Gasteiger charge is -2.16. The summed E-state index contributed by atoms with van der Waals surface area (Å²) in [5.74, 6) is -2.21.